The van der Waals surface area contributed by atoms with Crippen LogP contribution in [-0.2, 0) is 19.1 Å². The van der Waals surface area contributed by atoms with Crippen molar-refractivity contribution in [3.05, 3.63) is 0 Å². The van der Waals surface area contributed by atoms with Crippen molar-refractivity contribution in [3.63, 3.8) is 0 Å². The first-order chi connectivity index (χ1) is 13.1. The first kappa shape index (κ1) is 20.1. The predicted octanol–water partition coefficient (Wildman–Crippen LogP) is 1.27. The Balaban J connectivity index is 1.65. The number of carbonyl (C=O) groups is 3. The van der Waals surface area contributed by atoms with Gasteiger partial charge in [-0.15, -0.1) is 0 Å². The second-order valence-electron chi connectivity index (χ2n) is 7.91. The molecule has 3 heterocycles. The lowest BCUT2D eigenvalue weighted by Crippen LogP contribution is -2.57. The molecule has 0 spiro atoms. The van der Waals surface area contributed by atoms with Gasteiger partial charge in [-0.25, -0.2) is 0 Å². The highest BCUT2D eigenvalue weighted by Gasteiger charge is 2.39. The minimum Gasteiger partial charge on any atom is -0.378 e. The molecule has 2 unspecified atom stereocenters. The number of hydrogen-bond acceptors (Lipinski definition) is 4. The van der Waals surface area contributed by atoms with E-state index in [1.807, 2.05) is 21.6 Å². The Hall–Kier alpha value is -1.63. The molecule has 0 aromatic heterocycles. The topological polar surface area (TPSA) is 70.2 Å². The van der Waals surface area contributed by atoms with Gasteiger partial charge in [-0.05, 0) is 38.5 Å². The van der Waals surface area contributed by atoms with Gasteiger partial charge < -0.3 is 19.4 Å². The summed E-state index contributed by atoms with van der Waals surface area (Å²) in [6.45, 7) is 6.28. The normalized spacial score (nSPS) is 26.8. The zero-order valence-electron chi connectivity index (χ0n) is 16.5. The number of rotatable bonds is 4. The van der Waals surface area contributed by atoms with Crippen LogP contribution in [-0.4, -0.2) is 84.4 Å². The van der Waals surface area contributed by atoms with Crippen LogP contribution < -0.4 is 0 Å². The van der Waals surface area contributed by atoms with Gasteiger partial charge in [-0.2, -0.15) is 0 Å². The lowest BCUT2D eigenvalue weighted by atomic mass is 9.92. The molecule has 0 N–H and O–H groups in total. The lowest BCUT2D eigenvalue weighted by molar-refractivity contribution is -0.154. The molecule has 152 valence electrons. The van der Waals surface area contributed by atoms with Crippen LogP contribution >= 0.6 is 0 Å². The summed E-state index contributed by atoms with van der Waals surface area (Å²) in [5, 5.41) is 0. The standard InChI is InChI=1S/C20H33N3O4/c1-2-6-18(24)22-9-5-7-16(15-22)19(25)23-10-4-3-8-17(23)20(26)21-11-13-27-14-12-21/h16-17H,2-15H2,1H3. The fraction of sp³-hybridized carbons (Fsp3) is 0.850. The van der Waals surface area contributed by atoms with Crippen molar-refractivity contribution in [2.45, 2.75) is 57.9 Å². The van der Waals surface area contributed by atoms with Crippen LogP contribution in [0.2, 0.25) is 0 Å². The third-order valence-electron chi connectivity index (χ3n) is 5.98. The molecule has 2 atom stereocenters. The molecule has 0 saturated carbocycles. The Morgan fingerprint density at radius 3 is 2.41 bits per heavy atom. The molecule has 7 nitrogen and oxygen atoms in total. The highest BCUT2D eigenvalue weighted by molar-refractivity contribution is 5.89. The van der Waals surface area contributed by atoms with Gasteiger partial charge in [0.05, 0.1) is 19.1 Å². The number of hydrogen-bond donors (Lipinski definition) is 0. The molecule has 3 fully saturated rings. The van der Waals surface area contributed by atoms with Crippen molar-refractivity contribution in [3.8, 4) is 0 Å². The molecule has 0 aliphatic carbocycles. The largest absolute Gasteiger partial charge is 0.378 e. The van der Waals surface area contributed by atoms with Crippen LogP contribution in [0, 0.1) is 5.92 Å². The van der Waals surface area contributed by atoms with Crippen molar-refractivity contribution in [2.24, 2.45) is 5.92 Å². The summed E-state index contributed by atoms with van der Waals surface area (Å²) in [5.41, 5.74) is 0. The van der Waals surface area contributed by atoms with Crippen LogP contribution in [0.3, 0.4) is 0 Å². The summed E-state index contributed by atoms with van der Waals surface area (Å²) in [7, 11) is 0. The maximum Gasteiger partial charge on any atom is 0.245 e. The smallest absolute Gasteiger partial charge is 0.245 e. The highest BCUT2D eigenvalue weighted by atomic mass is 16.5. The Labute approximate surface area is 162 Å². The van der Waals surface area contributed by atoms with Crippen LogP contribution in [0.5, 0.6) is 0 Å². The molecule has 7 heteroatoms. The zero-order chi connectivity index (χ0) is 19.2. The van der Waals surface area contributed by atoms with Crippen LogP contribution in [0.4, 0.5) is 0 Å². The fourth-order valence-corrected chi connectivity index (χ4v) is 4.46. The van der Waals surface area contributed by atoms with Gasteiger partial charge in [-0.1, -0.05) is 6.92 Å². The zero-order valence-corrected chi connectivity index (χ0v) is 16.5. The number of carbonyl (C=O) groups excluding carboxylic acids is 3. The molecule has 0 aromatic carbocycles. The summed E-state index contributed by atoms with van der Waals surface area (Å²) in [6, 6.07) is -0.342. The van der Waals surface area contributed by atoms with E-state index in [2.05, 4.69) is 0 Å². The summed E-state index contributed by atoms with van der Waals surface area (Å²) < 4.78 is 5.35. The number of piperidine rings is 2. The molecule has 27 heavy (non-hydrogen) atoms. The molecular formula is C20H33N3O4. The average molecular weight is 380 g/mol. The SMILES string of the molecule is CCCC(=O)N1CCCC(C(=O)N2CCCCC2C(=O)N2CCOCC2)C1. The van der Waals surface area contributed by atoms with Gasteiger partial charge in [0.15, 0.2) is 0 Å². The molecule has 3 saturated heterocycles. The minimum absolute atomic E-state index is 0.0651. The van der Waals surface area contributed by atoms with Gasteiger partial charge >= 0.3 is 0 Å². The van der Waals surface area contributed by atoms with Crippen molar-refractivity contribution >= 4 is 17.7 Å². The molecule has 0 radical (unpaired) electrons. The van der Waals surface area contributed by atoms with E-state index in [9.17, 15) is 14.4 Å². The summed E-state index contributed by atoms with van der Waals surface area (Å²) in [5.74, 6) is 0.114. The second-order valence-corrected chi connectivity index (χ2v) is 7.91. The summed E-state index contributed by atoms with van der Waals surface area (Å²) >= 11 is 0. The summed E-state index contributed by atoms with van der Waals surface area (Å²) in [4.78, 5) is 44.0. The molecule has 3 rings (SSSR count). The molecule has 3 aliphatic heterocycles. The van der Waals surface area contributed by atoms with E-state index in [1.54, 1.807) is 0 Å². The van der Waals surface area contributed by atoms with Crippen molar-refractivity contribution in [1.82, 2.24) is 14.7 Å². The Morgan fingerprint density at radius 2 is 1.67 bits per heavy atom. The van der Waals surface area contributed by atoms with Gasteiger partial charge in [-0.3, -0.25) is 14.4 Å². The van der Waals surface area contributed by atoms with Crippen LogP contribution in [0.15, 0.2) is 0 Å². The highest BCUT2D eigenvalue weighted by Crippen LogP contribution is 2.26. The van der Waals surface area contributed by atoms with E-state index in [1.165, 1.54) is 0 Å². The monoisotopic (exact) mass is 379 g/mol. The van der Waals surface area contributed by atoms with E-state index in [-0.39, 0.29) is 29.7 Å². The van der Waals surface area contributed by atoms with E-state index >= 15 is 0 Å². The third kappa shape index (κ3) is 4.81. The summed E-state index contributed by atoms with van der Waals surface area (Å²) in [6.07, 6.45) is 5.72. The van der Waals surface area contributed by atoms with E-state index in [0.29, 0.717) is 45.8 Å². The van der Waals surface area contributed by atoms with Crippen molar-refractivity contribution in [1.29, 1.82) is 0 Å². The maximum absolute atomic E-state index is 13.3. The molecule has 3 aliphatic rings. The third-order valence-corrected chi connectivity index (χ3v) is 5.98. The Morgan fingerprint density at radius 1 is 0.889 bits per heavy atom. The average Bonchev–Trinajstić information content (AvgIpc) is 2.73. The predicted molar refractivity (Wildman–Crippen MR) is 101 cm³/mol. The van der Waals surface area contributed by atoms with Gasteiger partial charge in [0.2, 0.25) is 17.7 Å². The molecule has 0 bridgehead atoms. The number of ether oxygens (including phenoxy) is 1. The van der Waals surface area contributed by atoms with Gasteiger partial charge in [0.1, 0.15) is 6.04 Å². The Bertz CT molecular complexity index is 547. The van der Waals surface area contributed by atoms with E-state index in [0.717, 1.165) is 45.1 Å². The molecular weight excluding hydrogens is 346 g/mol. The number of nitrogens with zero attached hydrogens (tertiary/aromatic N) is 3. The fourth-order valence-electron chi connectivity index (χ4n) is 4.46. The molecule has 0 aromatic rings. The first-order valence-electron chi connectivity index (χ1n) is 10.6. The number of amides is 3. The quantitative estimate of drug-likeness (QED) is 0.737. The second kappa shape index (κ2) is 9.53. The van der Waals surface area contributed by atoms with E-state index < -0.39 is 0 Å². The van der Waals surface area contributed by atoms with Crippen molar-refractivity contribution < 1.29 is 19.1 Å². The lowest BCUT2D eigenvalue weighted by Gasteiger charge is -2.41. The number of likely N-dealkylation sites (tertiary alicyclic amines) is 2. The first-order valence-corrected chi connectivity index (χ1v) is 10.6. The molecule has 3 amide bonds. The maximum atomic E-state index is 13.3. The minimum atomic E-state index is -0.342. The van der Waals surface area contributed by atoms with Gasteiger partial charge in [0.25, 0.3) is 0 Å². The number of morpholine rings is 1. The van der Waals surface area contributed by atoms with Crippen LogP contribution in [0.25, 0.3) is 0 Å². The van der Waals surface area contributed by atoms with Gasteiger partial charge in [0, 0.05) is 39.1 Å². The van der Waals surface area contributed by atoms with Crippen LogP contribution in [0.1, 0.15) is 51.9 Å². The van der Waals surface area contributed by atoms with E-state index in [4.69, 9.17) is 4.74 Å². The van der Waals surface area contributed by atoms with Crippen molar-refractivity contribution in [2.75, 3.05) is 45.9 Å². The Kier molecular flexibility index (Phi) is 7.10.